The van der Waals surface area contributed by atoms with Crippen LogP contribution in [0.15, 0.2) is 28.7 Å². The van der Waals surface area contributed by atoms with Crippen LogP contribution in [0.2, 0.25) is 0 Å². The molecule has 0 saturated heterocycles. The predicted molar refractivity (Wildman–Crippen MR) is 86.2 cm³/mol. The SMILES string of the molecule is CCCCN(CC(N)=O)C(c1ccc(Br)cc1)C(C)N. The molecule has 20 heavy (non-hydrogen) atoms. The number of unbranched alkanes of at least 4 members (excludes halogenated alkanes) is 1. The van der Waals surface area contributed by atoms with Gasteiger partial charge in [-0.05, 0) is 37.6 Å². The molecule has 1 amide bonds. The van der Waals surface area contributed by atoms with E-state index in [0.29, 0.717) is 0 Å². The molecular weight excluding hydrogens is 318 g/mol. The molecule has 2 unspecified atom stereocenters. The Labute approximate surface area is 129 Å². The Morgan fingerprint density at radius 1 is 1.35 bits per heavy atom. The predicted octanol–water partition coefficient (Wildman–Crippen LogP) is 2.42. The van der Waals surface area contributed by atoms with Gasteiger partial charge in [0.2, 0.25) is 5.91 Å². The van der Waals surface area contributed by atoms with E-state index in [1.807, 2.05) is 31.2 Å². The van der Waals surface area contributed by atoms with Crippen LogP contribution in [0.1, 0.15) is 38.3 Å². The van der Waals surface area contributed by atoms with Crippen molar-refractivity contribution >= 4 is 21.8 Å². The summed E-state index contributed by atoms with van der Waals surface area (Å²) in [7, 11) is 0. The van der Waals surface area contributed by atoms with Crippen LogP contribution in [-0.4, -0.2) is 29.9 Å². The van der Waals surface area contributed by atoms with Crippen LogP contribution in [0.4, 0.5) is 0 Å². The molecule has 0 aliphatic heterocycles. The van der Waals surface area contributed by atoms with Gasteiger partial charge in [-0.1, -0.05) is 41.4 Å². The number of primary amides is 1. The lowest BCUT2D eigenvalue weighted by atomic mass is 9.98. The summed E-state index contributed by atoms with van der Waals surface area (Å²) < 4.78 is 1.03. The van der Waals surface area contributed by atoms with Crippen LogP contribution in [0, 0.1) is 0 Å². The molecule has 0 bridgehead atoms. The van der Waals surface area contributed by atoms with Crippen molar-refractivity contribution in [3.8, 4) is 0 Å². The Morgan fingerprint density at radius 2 is 1.95 bits per heavy atom. The lowest BCUT2D eigenvalue weighted by Crippen LogP contribution is -2.44. The van der Waals surface area contributed by atoms with Gasteiger partial charge in [-0.3, -0.25) is 9.69 Å². The molecular formula is C15H24BrN3O. The first-order valence-electron chi connectivity index (χ1n) is 6.99. The van der Waals surface area contributed by atoms with Crippen molar-refractivity contribution in [2.75, 3.05) is 13.1 Å². The van der Waals surface area contributed by atoms with Crippen LogP contribution < -0.4 is 11.5 Å². The van der Waals surface area contributed by atoms with E-state index in [1.165, 1.54) is 0 Å². The van der Waals surface area contributed by atoms with Crippen LogP contribution in [0.5, 0.6) is 0 Å². The van der Waals surface area contributed by atoms with E-state index >= 15 is 0 Å². The molecule has 0 aliphatic rings. The van der Waals surface area contributed by atoms with Crippen LogP contribution >= 0.6 is 15.9 Å². The van der Waals surface area contributed by atoms with Crippen LogP contribution in [0.25, 0.3) is 0 Å². The number of carbonyl (C=O) groups excluding carboxylic acids is 1. The average molecular weight is 342 g/mol. The summed E-state index contributed by atoms with van der Waals surface area (Å²) in [5.41, 5.74) is 12.6. The molecule has 2 atom stereocenters. The number of nitrogens with two attached hydrogens (primary N) is 2. The normalized spacial score (nSPS) is 14.2. The summed E-state index contributed by atoms with van der Waals surface area (Å²) in [4.78, 5) is 13.4. The van der Waals surface area contributed by atoms with Gasteiger partial charge in [0.15, 0.2) is 0 Å². The van der Waals surface area contributed by atoms with Crippen molar-refractivity contribution in [2.45, 2.75) is 38.8 Å². The third kappa shape index (κ3) is 5.23. The molecule has 4 N–H and O–H groups in total. The van der Waals surface area contributed by atoms with E-state index in [4.69, 9.17) is 11.5 Å². The van der Waals surface area contributed by atoms with Gasteiger partial charge in [-0.25, -0.2) is 0 Å². The maximum Gasteiger partial charge on any atom is 0.231 e. The molecule has 1 rings (SSSR count). The molecule has 0 radical (unpaired) electrons. The molecule has 1 aromatic rings. The molecule has 1 aromatic carbocycles. The molecule has 0 heterocycles. The van der Waals surface area contributed by atoms with Crippen molar-refractivity contribution in [1.82, 2.24) is 4.90 Å². The van der Waals surface area contributed by atoms with Gasteiger partial charge in [0.05, 0.1) is 12.6 Å². The number of rotatable bonds is 8. The second kappa shape index (κ2) is 8.39. The number of halogens is 1. The molecule has 0 saturated carbocycles. The van der Waals surface area contributed by atoms with Crippen molar-refractivity contribution < 1.29 is 4.79 Å². The summed E-state index contributed by atoms with van der Waals surface area (Å²) in [6, 6.07) is 7.99. The number of amides is 1. The highest BCUT2D eigenvalue weighted by molar-refractivity contribution is 9.10. The lowest BCUT2D eigenvalue weighted by Gasteiger charge is -2.34. The number of benzene rings is 1. The Kier molecular flexibility index (Phi) is 7.19. The van der Waals surface area contributed by atoms with E-state index in [2.05, 4.69) is 27.8 Å². The minimum absolute atomic E-state index is 0.00199. The van der Waals surface area contributed by atoms with E-state index in [9.17, 15) is 4.79 Å². The van der Waals surface area contributed by atoms with Gasteiger partial charge >= 0.3 is 0 Å². The van der Waals surface area contributed by atoms with Crippen LogP contribution in [-0.2, 0) is 4.79 Å². The number of hydrogen-bond acceptors (Lipinski definition) is 3. The highest BCUT2D eigenvalue weighted by Crippen LogP contribution is 2.25. The lowest BCUT2D eigenvalue weighted by molar-refractivity contribution is -0.119. The molecule has 0 aliphatic carbocycles. The summed E-state index contributed by atoms with van der Waals surface area (Å²) >= 11 is 3.43. The van der Waals surface area contributed by atoms with Crippen LogP contribution in [0.3, 0.4) is 0 Å². The van der Waals surface area contributed by atoms with Crippen molar-refractivity contribution in [2.24, 2.45) is 11.5 Å². The zero-order valence-corrected chi connectivity index (χ0v) is 13.8. The molecule has 5 heteroatoms. The van der Waals surface area contributed by atoms with Gasteiger partial charge < -0.3 is 11.5 Å². The molecule has 0 spiro atoms. The molecule has 0 aromatic heterocycles. The minimum Gasteiger partial charge on any atom is -0.369 e. The van der Waals surface area contributed by atoms with Gasteiger partial charge in [0.1, 0.15) is 0 Å². The van der Waals surface area contributed by atoms with Crippen molar-refractivity contribution in [1.29, 1.82) is 0 Å². The fourth-order valence-corrected chi connectivity index (χ4v) is 2.65. The van der Waals surface area contributed by atoms with E-state index in [-0.39, 0.29) is 24.5 Å². The summed E-state index contributed by atoms with van der Waals surface area (Å²) in [6.45, 7) is 5.15. The van der Waals surface area contributed by atoms with E-state index in [0.717, 1.165) is 29.4 Å². The van der Waals surface area contributed by atoms with Gasteiger partial charge in [0, 0.05) is 10.5 Å². The third-order valence-corrected chi connectivity index (χ3v) is 3.79. The van der Waals surface area contributed by atoms with E-state index in [1.54, 1.807) is 0 Å². The minimum atomic E-state index is -0.316. The van der Waals surface area contributed by atoms with Crippen molar-refractivity contribution in [3.05, 3.63) is 34.3 Å². The molecule has 0 fully saturated rings. The highest BCUT2D eigenvalue weighted by atomic mass is 79.9. The summed E-state index contributed by atoms with van der Waals surface area (Å²) in [5, 5.41) is 0. The Bertz CT molecular complexity index is 420. The smallest absolute Gasteiger partial charge is 0.231 e. The third-order valence-electron chi connectivity index (χ3n) is 3.26. The first-order valence-corrected chi connectivity index (χ1v) is 7.78. The number of hydrogen-bond donors (Lipinski definition) is 2. The topological polar surface area (TPSA) is 72.3 Å². The largest absolute Gasteiger partial charge is 0.369 e. The monoisotopic (exact) mass is 341 g/mol. The zero-order valence-electron chi connectivity index (χ0n) is 12.2. The molecule has 112 valence electrons. The Hall–Kier alpha value is -0.910. The number of nitrogens with zero attached hydrogens (tertiary/aromatic N) is 1. The van der Waals surface area contributed by atoms with Gasteiger partial charge in [-0.15, -0.1) is 0 Å². The molecule has 4 nitrogen and oxygen atoms in total. The Morgan fingerprint density at radius 3 is 2.40 bits per heavy atom. The Balaban J connectivity index is 2.99. The van der Waals surface area contributed by atoms with E-state index < -0.39 is 0 Å². The quantitative estimate of drug-likeness (QED) is 0.762. The van der Waals surface area contributed by atoms with Gasteiger partial charge in [-0.2, -0.15) is 0 Å². The maximum atomic E-state index is 11.3. The first-order chi connectivity index (χ1) is 9.45. The second-order valence-corrected chi connectivity index (χ2v) is 6.06. The summed E-state index contributed by atoms with van der Waals surface area (Å²) in [6.07, 6.45) is 2.09. The highest BCUT2D eigenvalue weighted by Gasteiger charge is 2.24. The standard InChI is InChI=1S/C15H24BrN3O/c1-3-4-9-19(10-14(18)20)15(11(2)17)12-5-7-13(16)8-6-12/h5-8,11,15H,3-4,9-10,17H2,1-2H3,(H2,18,20). The van der Waals surface area contributed by atoms with Crippen molar-refractivity contribution in [3.63, 3.8) is 0 Å². The fraction of sp³-hybridized carbons (Fsp3) is 0.533. The first kappa shape index (κ1) is 17.1. The van der Waals surface area contributed by atoms with Gasteiger partial charge in [0.25, 0.3) is 0 Å². The maximum absolute atomic E-state index is 11.3. The average Bonchev–Trinajstić information content (AvgIpc) is 2.37. The number of carbonyl (C=O) groups is 1. The zero-order chi connectivity index (χ0) is 15.1. The summed E-state index contributed by atoms with van der Waals surface area (Å²) in [5.74, 6) is -0.316. The fourth-order valence-electron chi connectivity index (χ4n) is 2.38. The second-order valence-electron chi connectivity index (χ2n) is 5.15.